The van der Waals surface area contributed by atoms with Gasteiger partial charge in [0.15, 0.2) is 0 Å². The fourth-order valence-corrected chi connectivity index (χ4v) is 2.84. The van der Waals surface area contributed by atoms with Crippen LogP contribution in [0.3, 0.4) is 0 Å². The fraction of sp³-hybridized carbons (Fsp3) is 0.462. The lowest BCUT2D eigenvalue weighted by Gasteiger charge is -2.25. The quantitative estimate of drug-likeness (QED) is 0.826. The van der Waals surface area contributed by atoms with Crippen molar-refractivity contribution in [3.8, 4) is 0 Å². The van der Waals surface area contributed by atoms with Crippen LogP contribution in [0.5, 0.6) is 0 Å². The maximum Gasteiger partial charge on any atom is 0.235 e. The molecular weight excluding hydrogens is 257 g/mol. The zero-order valence-electron chi connectivity index (χ0n) is 9.72. The van der Waals surface area contributed by atoms with Crippen molar-refractivity contribution in [2.45, 2.75) is 31.6 Å². The first-order chi connectivity index (χ1) is 8.14. The lowest BCUT2D eigenvalue weighted by molar-refractivity contribution is -0.121. The largest absolute Gasteiger partial charge is 0.325 e. The Balaban J connectivity index is 2.46. The number of anilines is 1. The molecule has 17 heavy (non-hydrogen) atoms. The van der Waals surface area contributed by atoms with E-state index >= 15 is 0 Å². The van der Waals surface area contributed by atoms with Gasteiger partial charge in [-0.2, -0.15) is 0 Å². The summed E-state index contributed by atoms with van der Waals surface area (Å²) in [4.78, 5) is 12.2. The van der Waals surface area contributed by atoms with Gasteiger partial charge < -0.3 is 5.32 Å². The van der Waals surface area contributed by atoms with Gasteiger partial charge in [0, 0.05) is 16.6 Å². The van der Waals surface area contributed by atoms with E-state index in [1.165, 1.54) is 0 Å². The molecule has 1 atom stereocenters. The van der Waals surface area contributed by atoms with Gasteiger partial charge in [-0.25, -0.2) is 0 Å². The summed E-state index contributed by atoms with van der Waals surface area (Å²) in [6, 6.07) is 5.56. The number of hydrogen-bond donors (Lipinski definition) is 1. The first-order valence-electron chi connectivity index (χ1n) is 5.81. The third kappa shape index (κ3) is 2.04. The fourth-order valence-electron chi connectivity index (χ4n) is 2.53. The molecule has 0 radical (unpaired) electrons. The van der Waals surface area contributed by atoms with Gasteiger partial charge in [-0.05, 0) is 43.0 Å². The summed E-state index contributed by atoms with van der Waals surface area (Å²) in [6.07, 6.45) is 2.37. The summed E-state index contributed by atoms with van der Waals surface area (Å²) in [5.74, 6) is 0.646. The Morgan fingerprint density at radius 3 is 2.82 bits per heavy atom. The molecule has 1 amide bonds. The van der Waals surface area contributed by atoms with Crippen molar-refractivity contribution in [1.82, 2.24) is 0 Å². The SMILES string of the molecule is CCC1(CCCCl)C(=O)Nc2ccc(Cl)cc21. The van der Waals surface area contributed by atoms with Crippen LogP contribution in [0.2, 0.25) is 5.02 Å². The molecule has 92 valence electrons. The van der Waals surface area contributed by atoms with Crippen LogP contribution in [0.25, 0.3) is 0 Å². The maximum absolute atomic E-state index is 12.2. The second-order valence-corrected chi connectivity index (χ2v) is 5.19. The molecule has 1 aliphatic rings. The number of hydrogen-bond acceptors (Lipinski definition) is 1. The molecule has 0 aromatic heterocycles. The van der Waals surface area contributed by atoms with Crippen LogP contribution in [0.15, 0.2) is 18.2 Å². The molecule has 1 N–H and O–H groups in total. The van der Waals surface area contributed by atoms with E-state index in [1.807, 2.05) is 19.1 Å². The lowest BCUT2D eigenvalue weighted by Crippen LogP contribution is -2.33. The highest BCUT2D eigenvalue weighted by atomic mass is 35.5. The molecule has 1 aromatic rings. The summed E-state index contributed by atoms with van der Waals surface area (Å²) in [6.45, 7) is 2.03. The van der Waals surface area contributed by atoms with Crippen LogP contribution in [-0.4, -0.2) is 11.8 Å². The normalized spacial score (nSPS) is 22.4. The van der Waals surface area contributed by atoms with E-state index in [0.717, 1.165) is 30.5 Å². The van der Waals surface area contributed by atoms with Gasteiger partial charge in [0.1, 0.15) is 0 Å². The van der Waals surface area contributed by atoms with Crippen molar-refractivity contribution < 1.29 is 4.79 Å². The van der Waals surface area contributed by atoms with Gasteiger partial charge in [-0.1, -0.05) is 18.5 Å². The van der Waals surface area contributed by atoms with Crippen molar-refractivity contribution in [1.29, 1.82) is 0 Å². The van der Waals surface area contributed by atoms with Gasteiger partial charge in [-0.3, -0.25) is 4.79 Å². The molecule has 0 spiro atoms. The number of rotatable bonds is 4. The van der Waals surface area contributed by atoms with Crippen LogP contribution in [0, 0.1) is 0 Å². The van der Waals surface area contributed by atoms with Crippen molar-refractivity contribution >= 4 is 34.8 Å². The number of carbonyl (C=O) groups excluding carboxylic acids is 1. The standard InChI is InChI=1S/C13H15Cl2NO/c1-2-13(6-3-7-14)10-8-9(15)4-5-11(10)16-12(13)17/h4-5,8H,2-3,6-7H2,1H3,(H,16,17). The van der Waals surface area contributed by atoms with Gasteiger partial charge in [-0.15, -0.1) is 11.6 Å². The Bertz CT molecular complexity index is 447. The molecule has 2 rings (SSSR count). The second kappa shape index (κ2) is 4.87. The number of alkyl halides is 1. The van der Waals surface area contributed by atoms with Gasteiger partial charge in [0.2, 0.25) is 5.91 Å². The Morgan fingerprint density at radius 1 is 1.41 bits per heavy atom. The van der Waals surface area contributed by atoms with Crippen LogP contribution in [0.1, 0.15) is 31.7 Å². The van der Waals surface area contributed by atoms with Crippen LogP contribution in [-0.2, 0) is 10.2 Å². The van der Waals surface area contributed by atoms with E-state index in [9.17, 15) is 4.79 Å². The Morgan fingerprint density at radius 2 is 2.18 bits per heavy atom. The molecule has 0 aliphatic carbocycles. The van der Waals surface area contributed by atoms with Crippen LogP contribution in [0.4, 0.5) is 5.69 Å². The Labute approximate surface area is 111 Å². The second-order valence-electron chi connectivity index (χ2n) is 4.37. The van der Waals surface area contributed by atoms with Crippen molar-refractivity contribution in [2.24, 2.45) is 0 Å². The lowest BCUT2D eigenvalue weighted by atomic mass is 9.76. The molecule has 1 unspecified atom stereocenters. The molecule has 1 aromatic carbocycles. The van der Waals surface area contributed by atoms with E-state index < -0.39 is 5.41 Å². The van der Waals surface area contributed by atoms with Crippen molar-refractivity contribution in [3.05, 3.63) is 28.8 Å². The molecule has 1 heterocycles. The average Bonchev–Trinajstić information content (AvgIpc) is 2.59. The van der Waals surface area contributed by atoms with Crippen LogP contribution < -0.4 is 5.32 Å². The number of nitrogens with one attached hydrogen (secondary N) is 1. The number of fused-ring (bicyclic) bond motifs is 1. The van der Waals surface area contributed by atoms with Crippen LogP contribution >= 0.6 is 23.2 Å². The minimum absolute atomic E-state index is 0.0717. The molecule has 1 aliphatic heterocycles. The summed E-state index contributed by atoms with van der Waals surface area (Å²) < 4.78 is 0. The predicted octanol–water partition coefficient (Wildman–Crippen LogP) is 3.96. The highest BCUT2D eigenvalue weighted by molar-refractivity contribution is 6.31. The maximum atomic E-state index is 12.2. The highest BCUT2D eigenvalue weighted by Crippen LogP contribution is 2.44. The molecular formula is C13H15Cl2NO. The van der Waals surface area contributed by atoms with Crippen molar-refractivity contribution in [2.75, 3.05) is 11.2 Å². The minimum Gasteiger partial charge on any atom is -0.325 e. The van der Waals surface area contributed by atoms with Gasteiger partial charge in [0.05, 0.1) is 5.41 Å². The Hall–Kier alpha value is -0.730. The highest BCUT2D eigenvalue weighted by Gasteiger charge is 2.44. The average molecular weight is 272 g/mol. The summed E-state index contributed by atoms with van der Waals surface area (Å²) in [5.41, 5.74) is 1.45. The number of benzene rings is 1. The Kier molecular flexibility index (Phi) is 3.64. The molecule has 0 saturated heterocycles. The summed E-state index contributed by atoms with van der Waals surface area (Å²) in [7, 11) is 0. The first kappa shape index (κ1) is 12.7. The molecule has 0 saturated carbocycles. The van der Waals surface area contributed by atoms with E-state index in [2.05, 4.69) is 5.32 Å². The molecule has 0 bridgehead atoms. The minimum atomic E-state index is -0.449. The topological polar surface area (TPSA) is 29.1 Å². The molecule has 2 nitrogen and oxygen atoms in total. The van der Waals surface area contributed by atoms with E-state index in [-0.39, 0.29) is 5.91 Å². The molecule has 0 fully saturated rings. The molecule has 4 heteroatoms. The number of amides is 1. The zero-order valence-corrected chi connectivity index (χ0v) is 11.2. The van der Waals surface area contributed by atoms with E-state index in [4.69, 9.17) is 23.2 Å². The summed E-state index contributed by atoms with van der Waals surface area (Å²) in [5, 5.41) is 3.61. The third-order valence-corrected chi connectivity index (χ3v) is 4.02. The third-order valence-electron chi connectivity index (χ3n) is 3.52. The van der Waals surface area contributed by atoms with E-state index in [1.54, 1.807) is 6.07 Å². The smallest absolute Gasteiger partial charge is 0.235 e. The number of halogens is 2. The zero-order chi connectivity index (χ0) is 12.5. The van der Waals surface area contributed by atoms with Crippen molar-refractivity contribution in [3.63, 3.8) is 0 Å². The van der Waals surface area contributed by atoms with Gasteiger partial charge >= 0.3 is 0 Å². The first-order valence-corrected chi connectivity index (χ1v) is 6.73. The predicted molar refractivity (Wildman–Crippen MR) is 72.0 cm³/mol. The van der Waals surface area contributed by atoms with E-state index in [0.29, 0.717) is 10.9 Å². The van der Waals surface area contributed by atoms with Gasteiger partial charge in [0.25, 0.3) is 0 Å². The summed E-state index contributed by atoms with van der Waals surface area (Å²) >= 11 is 11.8. The number of carbonyl (C=O) groups is 1. The monoisotopic (exact) mass is 271 g/mol.